The third kappa shape index (κ3) is 8.50. The van der Waals surface area contributed by atoms with E-state index in [1.165, 1.54) is 6.92 Å². The van der Waals surface area contributed by atoms with E-state index in [2.05, 4.69) is 27.8 Å². The molecule has 4 nitrogen and oxygen atoms in total. The summed E-state index contributed by atoms with van der Waals surface area (Å²) < 4.78 is 0.874. The predicted molar refractivity (Wildman–Crippen MR) is 65.2 cm³/mol. The SMILES string of the molecule is C=C(Br)CSCCC(NC(C)=O)C(=O)O. The summed E-state index contributed by atoms with van der Waals surface area (Å²) in [5, 5.41) is 11.2. The van der Waals surface area contributed by atoms with E-state index in [0.717, 1.165) is 10.2 Å². The number of amides is 1. The van der Waals surface area contributed by atoms with Crippen molar-refractivity contribution in [2.24, 2.45) is 0 Å². The summed E-state index contributed by atoms with van der Waals surface area (Å²) in [4.78, 5) is 21.4. The maximum atomic E-state index is 10.7. The smallest absolute Gasteiger partial charge is 0.326 e. The lowest BCUT2D eigenvalue weighted by Gasteiger charge is -2.12. The second-order valence-corrected chi connectivity index (χ2v) is 5.18. The summed E-state index contributed by atoms with van der Waals surface area (Å²) in [6.07, 6.45) is 0.417. The van der Waals surface area contributed by atoms with Crippen molar-refractivity contribution in [2.45, 2.75) is 19.4 Å². The Morgan fingerprint density at radius 2 is 2.20 bits per heavy atom. The molecule has 86 valence electrons. The maximum absolute atomic E-state index is 10.7. The molecule has 1 unspecified atom stereocenters. The second-order valence-electron chi connectivity index (χ2n) is 2.95. The van der Waals surface area contributed by atoms with Gasteiger partial charge in [-0.25, -0.2) is 4.79 Å². The largest absolute Gasteiger partial charge is 0.480 e. The number of halogens is 1. The van der Waals surface area contributed by atoms with Crippen molar-refractivity contribution in [1.29, 1.82) is 0 Å². The van der Waals surface area contributed by atoms with Crippen LogP contribution in [0.2, 0.25) is 0 Å². The van der Waals surface area contributed by atoms with Crippen molar-refractivity contribution in [3.05, 3.63) is 11.1 Å². The monoisotopic (exact) mass is 295 g/mol. The standard InChI is InChI=1S/C9H14BrNO3S/c1-6(10)5-15-4-3-8(9(13)14)11-7(2)12/h8H,1,3-5H2,2H3,(H,11,12)(H,13,14). The first kappa shape index (κ1) is 14.5. The van der Waals surface area contributed by atoms with Crippen molar-refractivity contribution >= 4 is 39.6 Å². The number of rotatable bonds is 7. The highest BCUT2D eigenvalue weighted by molar-refractivity contribution is 9.11. The first-order valence-electron chi connectivity index (χ1n) is 4.34. The van der Waals surface area contributed by atoms with E-state index in [0.29, 0.717) is 12.2 Å². The van der Waals surface area contributed by atoms with E-state index in [9.17, 15) is 9.59 Å². The average Bonchev–Trinajstić information content (AvgIpc) is 2.08. The Hall–Kier alpha value is -0.490. The van der Waals surface area contributed by atoms with Gasteiger partial charge in [-0.05, 0) is 16.7 Å². The molecule has 1 atom stereocenters. The molecule has 0 aliphatic heterocycles. The van der Waals surface area contributed by atoms with Crippen LogP contribution in [0.3, 0.4) is 0 Å². The highest BCUT2D eigenvalue weighted by Gasteiger charge is 2.17. The lowest BCUT2D eigenvalue weighted by atomic mass is 10.2. The molecule has 0 saturated carbocycles. The number of carbonyl (C=O) groups is 2. The van der Waals surface area contributed by atoms with Crippen LogP contribution in [-0.4, -0.2) is 34.5 Å². The third-order valence-electron chi connectivity index (χ3n) is 1.49. The minimum atomic E-state index is -0.997. The van der Waals surface area contributed by atoms with Crippen LogP contribution in [0.4, 0.5) is 0 Å². The molecule has 0 aromatic carbocycles. The van der Waals surface area contributed by atoms with Gasteiger partial charge in [0.1, 0.15) is 6.04 Å². The molecule has 0 bridgehead atoms. The van der Waals surface area contributed by atoms with Crippen LogP contribution in [0.15, 0.2) is 11.1 Å². The van der Waals surface area contributed by atoms with Crippen LogP contribution in [-0.2, 0) is 9.59 Å². The van der Waals surface area contributed by atoms with Gasteiger partial charge in [0.25, 0.3) is 0 Å². The number of carbonyl (C=O) groups excluding carboxylic acids is 1. The average molecular weight is 296 g/mol. The van der Waals surface area contributed by atoms with Crippen LogP contribution in [0.25, 0.3) is 0 Å². The Bertz CT molecular complexity index is 258. The van der Waals surface area contributed by atoms with Crippen molar-refractivity contribution in [3.8, 4) is 0 Å². The normalized spacial score (nSPS) is 11.9. The van der Waals surface area contributed by atoms with E-state index in [-0.39, 0.29) is 5.91 Å². The van der Waals surface area contributed by atoms with E-state index in [4.69, 9.17) is 5.11 Å². The second kappa shape index (κ2) is 7.76. The number of carboxylic acid groups (broad SMARTS) is 1. The van der Waals surface area contributed by atoms with Gasteiger partial charge in [0, 0.05) is 12.7 Å². The van der Waals surface area contributed by atoms with Crippen LogP contribution < -0.4 is 5.32 Å². The fourth-order valence-corrected chi connectivity index (χ4v) is 2.14. The topological polar surface area (TPSA) is 66.4 Å². The quantitative estimate of drug-likeness (QED) is 0.700. The van der Waals surface area contributed by atoms with Crippen molar-refractivity contribution in [2.75, 3.05) is 11.5 Å². The molecule has 0 aliphatic carbocycles. The first-order chi connectivity index (χ1) is 6.93. The fraction of sp³-hybridized carbons (Fsp3) is 0.556. The van der Waals surface area contributed by atoms with Gasteiger partial charge in [-0.2, -0.15) is 11.8 Å². The van der Waals surface area contributed by atoms with Crippen molar-refractivity contribution in [3.63, 3.8) is 0 Å². The Labute approximate surface area is 102 Å². The number of aliphatic carboxylic acids is 1. The molecular formula is C9H14BrNO3S. The zero-order chi connectivity index (χ0) is 11.8. The molecule has 0 aromatic heterocycles. The Morgan fingerprint density at radius 3 is 2.60 bits per heavy atom. The Kier molecular flexibility index (Phi) is 7.50. The summed E-state index contributed by atoms with van der Waals surface area (Å²) in [6, 6.07) is -0.793. The van der Waals surface area contributed by atoms with E-state index >= 15 is 0 Å². The molecule has 0 saturated heterocycles. The molecule has 0 heterocycles. The van der Waals surface area contributed by atoms with Gasteiger partial charge in [0.2, 0.25) is 5.91 Å². The van der Waals surface area contributed by atoms with Crippen LogP contribution in [0.5, 0.6) is 0 Å². The number of hydrogen-bond acceptors (Lipinski definition) is 3. The molecule has 1 amide bonds. The summed E-state index contributed by atoms with van der Waals surface area (Å²) >= 11 is 4.78. The van der Waals surface area contributed by atoms with Gasteiger partial charge in [-0.3, -0.25) is 4.79 Å². The Morgan fingerprint density at radius 1 is 1.60 bits per heavy atom. The van der Waals surface area contributed by atoms with Crippen LogP contribution >= 0.6 is 27.7 Å². The number of hydrogen-bond donors (Lipinski definition) is 2. The number of carboxylic acids is 1. The predicted octanol–water partition coefficient (Wildman–Crippen LogP) is 1.61. The van der Waals surface area contributed by atoms with Gasteiger partial charge in [0.15, 0.2) is 0 Å². The summed E-state index contributed by atoms with van der Waals surface area (Å²) in [6.45, 7) is 4.97. The molecule has 0 radical (unpaired) electrons. The minimum absolute atomic E-state index is 0.322. The van der Waals surface area contributed by atoms with Crippen LogP contribution in [0, 0.1) is 0 Å². The molecule has 6 heteroatoms. The van der Waals surface area contributed by atoms with Crippen molar-refractivity contribution < 1.29 is 14.7 Å². The van der Waals surface area contributed by atoms with E-state index in [1.54, 1.807) is 11.8 Å². The van der Waals surface area contributed by atoms with E-state index < -0.39 is 12.0 Å². The lowest BCUT2D eigenvalue weighted by Crippen LogP contribution is -2.39. The maximum Gasteiger partial charge on any atom is 0.326 e. The van der Waals surface area contributed by atoms with Gasteiger partial charge in [0.05, 0.1) is 0 Å². The van der Waals surface area contributed by atoms with Crippen LogP contribution in [0.1, 0.15) is 13.3 Å². The fourth-order valence-electron chi connectivity index (χ4n) is 0.887. The number of thioether (sulfide) groups is 1. The molecule has 0 aromatic rings. The lowest BCUT2D eigenvalue weighted by molar-refractivity contribution is -0.141. The summed E-state index contributed by atoms with van der Waals surface area (Å²) in [7, 11) is 0. The van der Waals surface area contributed by atoms with E-state index in [1.807, 2.05) is 0 Å². The van der Waals surface area contributed by atoms with Gasteiger partial charge in [-0.15, -0.1) is 0 Å². The molecule has 0 spiro atoms. The summed E-state index contributed by atoms with van der Waals surface area (Å²) in [5.41, 5.74) is 0. The number of nitrogens with one attached hydrogen (secondary N) is 1. The zero-order valence-corrected chi connectivity index (χ0v) is 10.9. The summed E-state index contributed by atoms with van der Waals surface area (Å²) in [5.74, 6) is 0.0923. The zero-order valence-electron chi connectivity index (χ0n) is 8.46. The third-order valence-corrected chi connectivity index (χ3v) is 3.21. The Balaban J connectivity index is 3.81. The highest BCUT2D eigenvalue weighted by atomic mass is 79.9. The van der Waals surface area contributed by atoms with Crippen molar-refractivity contribution in [1.82, 2.24) is 5.32 Å². The molecule has 2 N–H and O–H groups in total. The molecule has 15 heavy (non-hydrogen) atoms. The van der Waals surface area contributed by atoms with Gasteiger partial charge in [-0.1, -0.05) is 22.5 Å². The molecular weight excluding hydrogens is 282 g/mol. The molecule has 0 aliphatic rings. The molecule has 0 rings (SSSR count). The minimum Gasteiger partial charge on any atom is -0.480 e. The molecule has 0 fully saturated rings. The van der Waals surface area contributed by atoms with Gasteiger partial charge >= 0.3 is 5.97 Å². The first-order valence-corrected chi connectivity index (χ1v) is 6.29. The van der Waals surface area contributed by atoms with Gasteiger partial charge < -0.3 is 10.4 Å². The highest BCUT2D eigenvalue weighted by Crippen LogP contribution is 2.13.